The summed E-state index contributed by atoms with van der Waals surface area (Å²) in [5.41, 5.74) is 16.7. The van der Waals surface area contributed by atoms with Crippen LogP contribution in [0.5, 0.6) is 0 Å². The summed E-state index contributed by atoms with van der Waals surface area (Å²) in [7, 11) is 0. The monoisotopic (exact) mass is 577 g/mol. The molecule has 0 radical (unpaired) electrons. The third-order valence-electron chi connectivity index (χ3n) is 10.1. The molecule has 1 spiro atoms. The molecule has 206 valence electrons. The lowest BCUT2D eigenvalue weighted by molar-refractivity contribution is 0.794. The second-order valence-electron chi connectivity index (χ2n) is 12.2. The summed E-state index contributed by atoms with van der Waals surface area (Å²) in [6, 6.07) is 50.0. The molecule has 0 aromatic heterocycles. The van der Waals surface area contributed by atoms with Crippen LogP contribution in [0.2, 0.25) is 0 Å². The second kappa shape index (κ2) is 8.47. The fraction of sp³-hybridized carbons (Fsp3) is 0.0476. The molecule has 0 bridgehead atoms. The third kappa shape index (κ3) is 2.89. The maximum atomic E-state index is 4.34. The van der Waals surface area contributed by atoms with Crippen molar-refractivity contribution in [3.63, 3.8) is 0 Å². The molecule has 44 heavy (non-hydrogen) atoms. The van der Waals surface area contributed by atoms with E-state index < -0.39 is 0 Å². The Kier molecular flexibility index (Phi) is 4.67. The highest BCUT2D eigenvalue weighted by Gasteiger charge is 2.51. The van der Waals surface area contributed by atoms with E-state index in [1.807, 2.05) is 11.3 Å². The number of hydrogen-bond acceptors (Lipinski definition) is 1. The standard InChI is InChI=1S/C42H27NS/c1-25-22-26(2)43-38-21-19-28(24-40(38)44-39-17-9-13-29(25)41(39)43)27-18-20-33-32-12-5-8-16-36(32)42(37(33)23-27)34-14-6-3-10-30(34)31-11-4-7-15-35(31)42/h3-24H,1H2,2H3. The number of pyridine rings is 1. The first-order valence-corrected chi connectivity index (χ1v) is 16.0. The summed E-state index contributed by atoms with van der Waals surface area (Å²) in [4.78, 5) is 0. The molecule has 0 unspecified atom stereocenters. The number of benzene rings is 6. The van der Waals surface area contributed by atoms with E-state index in [-0.39, 0.29) is 5.41 Å². The molecule has 0 amide bonds. The Balaban J connectivity index is 1.25. The van der Waals surface area contributed by atoms with Gasteiger partial charge in [0.25, 0.3) is 0 Å². The van der Waals surface area contributed by atoms with Crippen molar-refractivity contribution in [3.05, 3.63) is 167 Å². The van der Waals surface area contributed by atoms with Crippen LogP contribution in [-0.4, -0.2) is 4.57 Å². The predicted octanol–water partition coefficient (Wildman–Crippen LogP) is 10.3. The topological polar surface area (TPSA) is 4.93 Å². The van der Waals surface area contributed by atoms with Crippen LogP contribution in [0.1, 0.15) is 27.9 Å². The SMILES string of the molecule is C=c1cc(C)n2c3ccc(-c4ccc5c(c4)C4(c6ccccc6-c6ccccc64)c4ccccc4-5)cc3sc3cccc1c3-2. The number of fused-ring (bicyclic) bond motifs is 12. The van der Waals surface area contributed by atoms with Gasteiger partial charge in [0.15, 0.2) is 0 Å². The Morgan fingerprint density at radius 1 is 0.545 bits per heavy atom. The van der Waals surface area contributed by atoms with Crippen molar-refractivity contribution in [3.8, 4) is 39.1 Å². The summed E-state index contributed by atoms with van der Waals surface area (Å²) >= 11 is 1.87. The maximum absolute atomic E-state index is 4.34. The van der Waals surface area contributed by atoms with Crippen molar-refractivity contribution < 1.29 is 0 Å². The Labute approximate surface area is 260 Å². The van der Waals surface area contributed by atoms with Gasteiger partial charge in [-0.2, -0.15) is 0 Å². The Morgan fingerprint density at radius 2 is 1.14 bits per heavy atom. The zero-order chi connectivity index (χ0) is 29.2. The van der Waals surface area contributed by atoms with Crippen LogP contribution in [0.4, 0.5) is 0 Å². The van der Waals surface area contributed by atoms with Gasteiger partial charge in [-0.15, -0.1) is 11.3 Å². The summed E-state index contributed by atoms with van der Waals surface area (Å²) in [6.07, 6.45) is 0. The van der Waals surface area contributed by atoms with Crippen molar-refractivity contribution in [2.75, 3.05) is 0 Å². The van der Waals surface area contributed by atoms with E-state index >= 15 is 0 Å². The third-order valence-corrected chi connectivity index (χ3v) is 11.2. The van der Waals surface area contributed by atoms with Gasteiger partial charge >= 0.3 is 0 Å². The lowest BCUT2D eigenvalue weighted by Gasteiger charge is -2.30. The summed E-state index contributed by atoms with van der Waals surface area (Å²) in [5, 5.41) is 2.30. The number of rotatable bonds is 1. The average Bonchev–Trinajstić information content (AvgIpc) is 3.53. The zero-order valence-corrected chi connectivity index (χ0v) is 25.1. The molecule has 2 heterocycles. The minimum absolute atomic E-state index is 0.328. The van der Waals surface area contributed by atoms with Crippen LogP contribution in [0.15, 0.2) is 133 Å². The Morgan fingerprint density at radius 3 is 1.82 bits per heavy atom. The lowest BCUT2D eigenvalue weighted by Crippen LogP contribution is -2.25. The quantitative estimate of drug-likeness (QED) is 0.135. The van der Waals surface area contributed by atoms with Crippen molar-refractivity contribution in [1.82, 2.24) is 4.57 Å². The first kappa shape index (κ1) is 24.3. The number of aryl methyl sites for hydroxylation is 1. The van der Waals surface area contributed by atoms with E-state index in [1.165, 1.54) is 87.3 Å². The molecular weight excluding hydrogens is 551 g/mol. The van der Waals surface area contributed by atoms with E-state index in [0.29, 0.717) is 0 Å². The van der Waals surface area contributed by atoms with Crippen LogP contribution in [0, 0.1) is 6.92 Å². The summed E-state index contributed by atoms with van der Waals surface area (Å²) in [6.45, 7) is 6.53. The molecule has 4 aliphatic rings. The van der Waals surface area contributed by atoms with Gasteiger partial charge in [-0.1, -0.05) is 110 Å². The highest BCUT2D eigenvalue weighted by Crippen LogP contribution is 2.63. The van der Waals surface area contributed by atoms with Gasteiger partial charge in [-0.3, -0.25) is 0 Å². The molecule has 2 aliphatic heterocycles. The summed E-state index contributed by atoms with van der Waals surface area (Å²) < 4.78 is 4.97. The van der Waals surface area contributed by atoms with Crippen LogP contribution < -0.4 is 5.22 Å². The number of hydrogen-bond donors (Lipinski definition) is 0. The number of aromatic nitrogens is 1. The summed E-state index contributed by atoms with van der Waals surface area (Å²) in [5.74, 6) is 0. The first-order valence-electron chi connectivity index (χ1n) is 15.2. The van der Waals surface area contributed by atoms with E-state index in [4.69, 9.17) is 0 Å². The molecule has 0 atom stereocenters. The molecule has 2 heteroatoms. The van der Waals surface area contributed by atoms with Gasteiger partial charge in [0.1, 0.15) is 0 Å². The molecule has 0 N–H and O–H groups in total. The van der Waals surface area contributed by atoms with E-state index in [2.05, 4.69) is 152 Å². The molecule has 6 aromatic carbocycles. The van der Waals surface area contributed by atoms with Crippen molar-refractivity contribution in [2.24, 2.45) is 0 Å². The fourth-order valence-corrected chi connectivity index (χ4v) is 9.46. The fourth-order valence-electron chi connectivity index (χ4n) is 8.33. The molecule has 0 saturated carbocycles. The predicted molar refractivity (Wildman–Crippen MR) is 186 cm³/mol. The molecule has 6 aromatic rings. The normalized spacial score (nSPS) is 13.8. The van der Waals surface area contributed by atoms with E-state index in [1.54, 1.807) is 0 Å². The van der Waals surface area contributed by atoms with Crippen molar-refractivity contribution >= 4 is 38.2 Å². The highest BCUT2D eigenvalue weighted by molar-refractivity contribution is 7.24. The smallest absolute Gasteiger partial charge is 0.0725 e. The van der Waals surface area contributed by atoms with Crippen LogP contribution in [0.25, 0.3) is 65.9 Å². The minimum Gasteiger partial charge on any atom is -0.311 e. The minimum atomic E-state index is -0.328. The van der Waals surface area contributed by atoms with Gasteiger partial charge in [0.2, 0.25) is 0 Å². The molecule has 10 rings (SSSR count). The first-order chi connectivity index (χ1) is 21.6. The highest BCUT2D eigenvalue weighted by atomic mass is 32.1. The van der Waals surface area contributed by atoms with E-state index in [9.17, 15) is 0 Å². The van der Waals surface area contributed by atoms with Crippen molar-refractivity contribution in [1.29, 1.82) is 0 Å². The lowest BCUT2D eigenvalue weighted by atomic mass is 9.70. The Hall–Kier alpha value is -5.18. The largest absolute Gasteiger partial charge is 0.311 e. The van der Waals surface area contributed by atoms with Crippen LogP contribution in [-0.2, 0) is 5.41 Å². The molecule has 0 fully saturated rings. The maximum Gasteiger partial charge on any atom is 0.0725 e. The molecular formula is C42H27NS. The average molecular weight is 578 g/mol. The molecule has 0 saturated heterocycles. The van der Waals surface area contributed by atoms with Gasteiger partial charge in [-0.05, 0) is 98.1 Å². The van der Waals surface area contributed by atoms with Gasteiger partial charge in [0.05, 0.1) is 26.0 Å². The second-order valence-corrected chi connectivity index (χ2v) is 13.3. The van der Waals surface area contributed by atoms with Gasteiger partial charge in [0, 0.05) is 11.1 Å². The van der Waals surface area contributed by atoms with Crippen LogP contribution >= 0.6 is 11.3 Å². The molecule has 2 aliphatic carbocycles. The van der Waals surface area contributed by atoms with E-state index in [0.717, 1.165) is 5.22 Å². The Bertz CT molecular complexity index is 2480. The number of nitrogens with zero attached hydrogens (tertiary/aromatic N) is 1. The zero-order valence-electron chi connectivity index (χ0n) is 24.3. The number of para-hydroxylation sites is 1. The van der Waals surface area contributed by atoms with Gasteiger partial charge < -0.3 is 4.57 Å². The van der Waals surface area contributed by atoms with Gasteiger partial charge in [-0.25, -0.2) is 0 Å². The molecule has 1 nitrogen and oxygen atoms in total. The van der Waals surface area contributed by atoms with Crippen molar-refractivity contribution in [2.45, 2.75) is 12.3 Å². The van der Waals surface area contributed by atoms with Crippen LogP contribution in [0.3, 0.4) is 0 Å².